The summed E-state index contributed by atoms with van der Waals surface area (Å²) in [7, 11) is -3.66. The molecular formula is C13H18N2O5S. The second kappa shape index (κ2) is 5.18. The predicted molar refractivity (Wildman–Crippen MR) is 75.6 cm³/mol. The van der Waals surface area contributed by atoms with Crippen molar-refractivity contribution in [2.24, 2.45) is 5.92 Å². The van der Waals surface area contributed by atoms with Crippen LogP contribution in [0.4, 0.5) is 4.79 Å². The minimum atomic E-state index is -3.66. The molecule has 2 N–H and O–H groups in total. The molecule has 0 aromatic heterocycles. The highest BCUT2D eigenvalue weighted by atomic mass is 32.2. The first-order valence-corrected chi connectivity index (χ1v) is 8.10. The molecule has 0 aliphatic heterocycles. The van der Waals surface area contributed by atoms with Crippen LogP contribution in [0.1, 0.15) is 26.2 Å². The van der Waals surface area contributed by atoms with Gasteiger partial charge in [0.05, 0.1) is 11.0 Å². The normalized spacial score (nSPS) is 27.4. The molecule has 0 heterocycles. The molecule has 2 amide bonds. The van der Waals surface area contributed by atoms with E-state index < -0.39 is 32.8 Å². The van der Waals surface area contributed by atoms with Crippen LogP contribution in [0.2, 0.25) is 0 Å². The topological polar surface area (TPSA) is 102 Å². The van der Waals surface area contributed by atoms with Crippen molar-refractivity contribution in [2.75, 3.05) is 0 Å². The molecule has 8 heteroatoms. The Hall–Kier alpha value is -1.83. The third-order valence-electron chi connectivity index (χ3n) is 3.49. The molecule has 0 spiro atoms. The lowest BCUT2D eigenvalue weighted by Gasteiger charge is -2.18. The van der Waals surface area contributed by atoms with Crippen molar-refractivity contribution in [2.45, 2.75) is 37.0 Å². The lowest BCUT2D eigenvalue weighted by atomic mass is 10.2. The summed E-state index contributed by atoms with van der Waals surface area (Å²) in [5.74, 6) is -0.910. The Balaban J connectivity index is 2.08. The maximum atomic E-state index is 12.2. The highest BCUT2D eigenvalue weighted by molar-refractivity contribution is 7.90. The molecule has 2 fully saturated rings. The average molecular weight is 314 g/mol. The molecule has 21 heavy (non-hydrogen) atoms. The zero-order chi connectivity index (χ0) is 15.8. The summed E-state index contributed by atoms with van der Waals surface area (Å²) >= 11 is 0. The summed E-state index contributed by atoms with van der Waals surface area (Å²) in [6.45, 7) is 8.48. The fraction of sp³-hybridized carbons (Fsp3) is 0.538. The molecule has 2 atom stereocenters. The summed E-state index contributed by atoms with van der Waals surface area (Å²) < 4.78 is 30.4. The molecule has 7 nitrogen and oxygen atoms in total. The van der Waals surface area contributed by atoms with Crippen LogP contribution in [-0.2, 0) is 19.6 Å². The monoisotopic (exact) mass is 314 g/mol. The number of hydrogen-bond donors (Lipinski definition) is 2. The van der Waals surface area contributed by atoms with E-state index in [1.165, 1.54) is 13.0 Å². The Morgan fingerprint density at radius 1 is 1.38 bits per heavy atom. The van der Waals surface area contributed by atoms with E-state index >= 15 is 0 Å². The van der Waals surface area contributed by atoms with Gasteiger partial charge in [-0.15, -0.1) is 6.58 Å². The number of carbonyl (C=O) groups excluding carboxylic acids is 2. The van der Waals surface area contributed by atoms with E-state index in [1.807, 2.05) is 4.72 Å². The van der Waals surface area contributed by atoms with Crippen molar-refractivity contribution in [1.29, 1.82) is 0 Å². The second-order valence-corrected chi connectivity index (χ2v) is 7.37. The van der Waals surface area contributed by atoms with Gasteiger partial charge in [-0.05, 0) is 26.2 Å². The van der Waals surface area contributed by atoms with Crippen molar-refractivity contribution in [1.82, 2.24) is 10.0 Å². The third-order valence-corrected chi connectivity index (χ3v) is 5.31. The predicted octanol–water partition coefficient (Wildman–Crippen LogP) is 0.799. The maximum absolute atomic E-state index is 12.2. The van der Waals surface area contributed by atoms with E-state index in [9.17, 15) is 18.0 Å². The summed E-state index contributed by atoms with van der Waals surface area (Å²) in [5, 5.41) is 1.90. The second-order valence-electron chi connectivity index (χ2n) is 5.41. The molecule has 0 bridgehead atoms. The Labute approximate surface area is 123 Å². The van der Waals surface area contributed by atoms with Gasteiger partial charge in [0.25, 0.3) is 5.91 Å². The Morgan fingerprint density at radius 3 is 2.43 bits per heavy atom. The van der Waals surface area contributed by atoms with Gasteiger partial charge in [-0.3, -0.25) is 9.52 Å². The zero-order valence-corrected chi connectivity index (χ0v) is 12.5. The van der Waals surface area contributed by atoms with Crippen LogP contribution in [0.5, 0.6) is 0 Å². The first-order chi connectivity index (χ1) is 9.71. The van der Waals surface area contributed by atoms with Gasteiger partial charge >= 0.3 is 6.09 Å². The summed E-state index contributed by atoms with van der Waals surface area (Å²) in [5.41, 5.74) is -1.31. The standard InChI is InChI=1S/C13H18N2O5S/c1-4-9-7-13(9,14-12(17)20-8(2)3)11(16)15-21(18,19)10-5-6-10/h4,9-10H,1-2,5-7H2,3H3,(H,14,17)(H,15,16)/t9?,13-/m1/s1. The van der Waals surface area contributed by atoms with Gasteiger partial charge in [0.15, 0.2) is 0 Å². The van der Waals surface area contributed by atoms with E-state index in [2.05, 4.69) is 18.5 Å². The van der Waals surface area contributed by atoms with Crippen molar-refractivity contribution in [3.63, 3.8) is 0 Å². The summed E-state index contributed by atoms with van der Waals surface area (Å²) in [4.78, 5) is 23.9. The Kier molecular flexibility index (Phi) is 3.83. The molecular weight excluding hydrogens is 296 g/mol. The smallest absolute Gasteiger partial charge is 0.413 e. The molecule has 1 unspecified atom stereocenters. The molecule has 2 saturated carbocycles. The van der Waals surface area contributed by atoms with Crippen molar-refractivity contribution in [3.05, 3.63) is 25.0 Å². The van der Waals surface area contributed by atoms with Crippen molar-refractivity contribution < 1.29 is 22.7 Å². The molecule has 0 saturated heterocycles. The van der Waals surface area contributed by atoms with E-state index in [4.69, 9.17) is 4.74 Å². The number of ether oxygens (including phenoxy) is 1. The number of allylic oxidation sites excluding steroid dienone is 1. The fourth-order valence-corrected chi connectivity index (χ4v) is 3.45. The van der Waals surface area contributed by atoms with Crippen LogP contribution in [0, 0.1) is 5.92 Å². The average Bonchev–Trinajstić information content (AvgIpc) is 3.22. The van der Waals surface area contributed by atoms with Crippen LogP contribution in [0.15, 0.2) is 25.0 Å². The number of hydrogen-bond acceptors (Lipinski definition) is 5. The van der Waals surface area contributed by atoms with E-state index in [0.717, 1.165) is 0 Å². The summed E-state index contributed by atoms with van der Waals surface area (Å²) in [6.07, 6.45) is 2.04. The van der Waals surface area contributed by atoms with Gasteiger partial charge in [0.1, 0.15) is 5.54 Å². The number of amides is 2. The molecule has 0 aromatic carbocycles. The SMILES string of the molecule is C=CC1C[C@]1(NC(=O)OC(=C)C)C(=O)NS(=O)(=O)C1CC1. The number of rotatable bonds is 6. The molecule has 116 valence electrons. The highest BCUT2D eigenvalue weighted by Crippen LogP contribution is 2.45. The Morgan fingerprint density at radius 2 is 2.00 bits per heavy atom. The van der Waals surface area contributed by atoms with Crippen LogP contribution < -0.4 is 10.0 Å². The van der Waals surface area contributed by atoms with E-state index in [1.54, 1.807) is 0 Å². The van der Waals surface area contributed by atoms with Gasteiger partial charge < -0.3 is 10.1 Å². The molecule has 2 rings (SSSR count). The van der Waals surface area contributed by atoms with Gasteiger partial charge in [-0.25, -0.2) is 13.2 Å². The van der Waals surface area contributed by atoms with Gasteiger partial charge in [0.2, 0.25) is 10.0 Å². The fourth-order valence-electron chi connectivity index (χ4n) is 2.08. The number of carbonyl (C=O) groups is 2. The van der Waals surface area contributed by atoms with Gasteiger partial charge in [0, 0.05) is 5.92 Å². The molecule has 0 aromatic rings. The third kappa shape index (κ3) is 3.26. The summed E-state index contributed by atoms with van der Waals surface area (Å²) in [6, 6.07) is 0. The van der Waals surface area contributed by atoms with E-state index in [0.29, 0.717) is 12.8 Å². The minimum Gasteiger partial charge on any atom is -0.416 e. The quantitative estimate of drug-likeness (QED) is 0.558. The van der Waals surface area contributed by atoms with Crippen molar-refractivity contribution in [3.8, 4) is 0 Å². The Bertz CT molecular complexity index is 608. The maximum Gasteiger partial charge on any atom is 0.413 e. The van der Waals surface area contributed by atoms with E-state index in [-0.39, 0.29) is 18.1 Å². The lowest BCUT2D eigenvalue weighted by molar-refractivity contribution is -0.122. The highest BCUT2D eigenvalue weighted by Gasteiger charge is 2.61. The van der Waals surface area contributed by atoms with Crippen LogP contribution in [0.25, 0.3) is 0 Å². The molecule has 2 aliphatic rings. The van der Waals surface area contributed by atoms with Crippen LogP contribution in [-0.4, -0.2) is 31.2 Å². The van der Waals surface area contributed by atoms with Gasteiger partial charge in [-0.1, -0.05) is 12.7 Å². The number of sulfonamides is 1. The van der Waals surface area contributed by atoms with Gasteiger partial charge in [-0.2, -0.15) is 0 Å². The first-order valence-electron chi connectivity index (χ1n) is 6.55. The van der Waals surface area contributed by atoms with Crippen molar-refractivity contribution >= 4 is 22.0 Å². The van der Waals surface area contributed by atoms with Crippen LogP contribution in [0.3, 0.4) is 0 Å². The number of nitrogens with one attached hydrogen (secondary N) is 2. The molecule has 0 radical (unpaired) electrons. The largest absolute Gasteiger partial charge is 0.416 e. The van der Waals surface area contributed by atoms with Crippen LogP contribution >= 0.6 is 0 Å². The first kappa shape index (κ1) is 15.6. The minimum absolute atomic E-state index is 0.171. The zero-order valence-electron chi connectivity index (χ0n) is 11.7. The lowest BCUT2D eigenvalue weighted by Crippen LogP contribution is -2.52. The number of alkyl carbamates (subject to hydrolysis) is 1. The molecule has 2 aliphatic carbocycles.